The fourth-order valence-corrected chi connectivity index (χ4v) is 4.45. The molecule has 18 heavy (non-hydrogen) atoms. The van der Waals surface area contributed by atoms with Crippen molar-refractivity contribution in [3.05, 3.63) is 30.3 Å². The molecule has 0 aromatic heterocycles. The largest absolute Gasteiger partial charge is 0.312 e. The van der Waals surface area contributed by atoms with Crippen LogP contribution in [-0.2, 0) is 4.79 Å². The van der Waals surface area contributed by atoms with Crippen molar-refractivity contribution in [1.82, 2.24) is 0 Å². The van der Waals surface area contributed by atoms with Crippen LogP contribution >= 0.6 is 0 Å². The summed E-state index contributed by atoms with van der Waals surface area (Å²) in [4.78, 5) is 14.7. The monoisotopic (exact) mass is 241 g/mol. The summed E-state index contributed by atoms with van der Waals surface area (Å²) in [5.74, 6) is 1.60. The number of nitrogens with zero attached hydrogens (tertiary/aromatic N) is 1. The van der Waals surface area contributed by atoms with Gasteiger partial charge in [0.2, 0.25) is 5.91 Å². The number of carbonyl (C=O) groups excluding carboxylic acids is 1. The van der Waals surface area contributed by atoms with E-state index in [2.05, 4.69) is 12.1 Å². The van der Waals surface area contributed by atoms with E-state index >= 15 is 0 Å². The number of amides is 1. The third kappa shape index (κ3) is 1.32. The van der Waals surface area contributed by atoms with Gasteiger partial charge < -0.3 is 4.90 Å². The first kappa shape index (κ1) is 10.6. The van der Waals surface area contributed by atoms with E-state index in [0.29, 0.717) is 17.2 Å². The van der Waals surface area contributed by atoms with Gasteiger partial charge in [-0.2, -0.15) is 0 Å². The molecule has 2 nitrogen and oxygen atoms in total. The minimum absolute atomic E-state index is 0.324. The molecule has 2 heteroatoms. The Labute approximate surface area is 108 Å². The summed E-state index contributed by atoms with van der Waals surface area (Å²) in [7, 11) is 0. The van der Waals surface area contributed by atoms with E-state index in [-0.39, 0.29) is 0 Å². The summed E-state index contributed by atoms with van der Waals surface area (Å²) >= 11 is 0. The third-order valence-corrected chi connectivity index (χ3v) is 5.44. The second-order valence-electron chi connectivity index (χ2n) is 6.19. The van der Waals surface area contributed by atoms with Gasteiger partial charge in [0.1, 0.15) is 0 Å². The molecule has 1 aromatic rings. The molecule has 3 aliphatic rings. The number of rotatable bonds is 2. The Bertz CT molecular complexity index is 483. The second-order valence-corrected chi connectivity index (χ2v) is 6.19. The van der Waals surface area contributed by atoms with Gasteiger partial charge in [-0.3, -0.25) is 4.79 Å². The van der Waals surface area contributed by atoms with Crippen molar-refractivity contribution in [2.45, 2.75) is 32.1 Å². The van der Waals surface area contributed by atoms with Crippen molar-refractivity contribution in [1.29, 1.82) is 0 Å². The number of hydrogen-bond donors (Lipinski definition) is 0. The molecule has 0 N–H and O–H groups in total. The Balaban J connectivity index is 1.59. The van der Waals surface area contributed by atoms with Gasteiger partial charge in [-0.25, -0.2) is 0 Å². The zero-order valence-corrected chi connectivity index (χ0v) is 10.6. The van der Waals surface area contributed by atoms with Crippen LogP contribution in [0, 0.1) is 17.3 Å². The van der Waals surface area contributed by atoms with E-state index in [1.807, 2.05) is 23.1 Å². The number of benzene rings is 1. The van der Waals surface area contributed by atoms with E-state index in [1.54, 1.807) is 0 Å². The molecule has 3 atom stereocenters. The van der Waals surface area contributed by atoms with Crippen LogP contribution in [0.25, 0.3) is 0 Å². The maximum absolute atomic E-state index is 12.7. The Hall–Kier alpha value is -1.31. The van der Waals surface area contributed by atoms with Crippen molar-refractivity contribution in [2.24, 2.45) is 17.3 Å². The van der Waals surface area contributed by atoms with Crippen molar-refractivity contribution in [3.63, 3.8) is 0 Å². The average Bonchev–Trinajstić information content (AvgIpc) is 2.78. The quantitative estimate of drug-likeness (QED) is 0.778. The van der Waals surface area contributed by atoms with Gasteiger partial charge in [0, 0.05) is 18.2 Å². The number of hydrogen-bond acceptors (Lipinski definition) is 1. The van der Waals surface area contributed by atoms with E-state index in [9.17, 15) is 4.79 Å². The van der Waals surface area contributed by atoms with Crippen molar-refractivity contribution in [2.75, 3.05) is 11.4 Å². The van der Waals surface area contributed by atoms with Crippen LogP contribution in [0.5, 0.6) is 0 Å². The summed E-state index contributed by atoms with van der Waals surface area (Å²) in [5.41, 5.74) is 1.51. The molecule has 0 radical (unpaired) electrons. The molecule has 1 saturated heterocycles. The highest BCUT2D eigenvalue weighted by atomic mass is 16.2. The summed E-state index contributed by atoms with van der Waals surface area (Å²) < 4.78 is 0. The molecule has 1 heterocycles. The van der Waals surface area contributed by atoms with Crippen LogP contribution in [0.4, 0.5) is 5.69 Å². The van der Waals surface area contributed by atoms with Crippen LogP contribution in [0.2, 0.25) is 0 Å². The Kier molecular flexibility index (Phi) is 2.12. The van der Waals surface area contributed by atoms with Gasteiger partial charge >= 0.3 is 0 Å². The summed E-state index contributed by atoms with van der Waals surface area (Å²) in [6, 6.07) is 10.1. The molecular weight excluding hydrogens is 222 g/mol. The molecule has 0 spiro atoms. The second kappa shape index (κ2) is 3.59. The molecule has 1 aliphatic heterocycles. The van der Waals surface area contributed by atoms with E-state index in [4.69, 9.17) is 0 Å². The lowest BCUT2D eigenvalue weighted by Crippen LogP contribution is -2.30. The van der Waals surface area contributed by atoms with Gasteiger partial charge in [-0.1, -0.05) is 24.6 Å². The topological polar surface area (TPSA) is 20.3 Å². The first-order chi connectivity index (χ1) is 8.81. The maximum Gasteiger partial charge on any atom is 0.230 e. The Morgan fingerprint density at radius 2 is 2.00 bits per heavy atom. The van der Waals surface area contributed by atoms with E-state index < -0.39 is 0 Å². The summed E-state index contributed by atoms with van der Waals surface area (Å²) in [6.45, 7) is 0.919. The predicted octanol–water partition coefficient (Wildman–Crippen LogP) is 3.23. The zero-order valence-electron chi connectivity index (χ0n) is 10.6. The van der Waals surface area contributed by atoms with E-state index in [1.165, 1.54) is 25.7 Å². The average molecular weight is 241 g/mol. The van der Waals surface area contributed by atoms with Crippen LogP contribution in [0.3, 0.4) is 0 Å². The van der Waals surface area contributed by atoms with Crippen LogP contribution in [-0.4, -0.2) is 12.5 Å². The third-order valence-electron chi connectivity index (χ3n) is 5.44. The molecule has 1 amide bonds. The highest BCUT2D eigenvalue weighted by Crippen LogP contribution is 2.69. The molecule has 0 bridgehead atoms. The zero-order chi connectivity index (χ0) is 12.2. The maximum atomic E-state index is 12.7. The van der Waals surface area contributed by atoms with Gasteiger partial charge in [0.25, 0.3) is 0 Å². The van der Waals surface area contributed by atoms with Gasteiger partial charge in [0.15, 0.2) is 0 Å². The molecule has 94 valence electrons. The van der Waals surface area contributed by atoms with Crippen molar-refractivity contribution in [3.8, 4) is 0 Å². The number of fused-ring (bicyclic) bond motifs is 1. The van der Waals surface area contributed by atoms with Crippen LogP contribution in [0.15, 0.2) is 30.3 Å². The van der Waals surface area contributed by atoms with Gasteiger partial charge in [-0.05, 0) is 49.1 Å². The van der Waals surface area contributed by atoms with Crippen molar-refractivity contribution < 1.29 is 4.79 Å². The fourth-order valence-electron chi connectivity index (χ4n) is 4.45. The van der Waals surface area contributed by atoms with Gasteiger partial charge in [0.05, 0.1) is 0 Å². The van der Waals surface area contributed by atoms with Crippen LogP contribution in [0.1, 0.15) is 32.1 Å². The minimum Gasteiger partial charge on any atom is -0.312 e. The minimum atomic E-state index is 0.324. The Morgan fingerprint density at radius 3 is 2.67 bits per heavy atom. The molecule has 3 fully saturated rings. The Morgan fingerprint density at radius 1 is 1.17 bits per heavy atom. The molecule has 2 saturated carbocycles. The predicted molar refractivity (Wildman–Crippen MR) is 71.3 cm³/mol. The number of para-hydroxylation sites is 1. The lowest BCUT2D eigenvalue weighted by atomic mass is 9.85. The highest BCUT2D eigenvalue weighted by molar-refractivity contribution is 5.98. The van der Waals surface area contributed by atoms with Gasteiger partial charge in [-0.15, -0.1) is 0 Å². The first-order valence-corrected chi connectivity index (χ1v) is 7.18. The molecule has 4 rings (SSSR count). The molecule has 1 aromatic carbocycles. The number of carbonyl (C=O) groups is 1. The SMILES string of the molecule is O=C1C(C23CCCC2C3)CCN1c1ccccc1. The van der Waals surface area contributed by atoms with Crippen molar-refractivity contribution >= 4 is 11.6 Å². The summed E-state index contributed by atoms with van der Waals surface area (Å²) in [5, 5.41) is 0. The summed E-state index contributed by atoms with van der Waals surface area (Å²) in [6.07, 6.45) is 6.42. The van der Waals surface area contributed by atoms with E-state index in [0.717, 1.165) is 24.6 Å². The molecule has 2 aliphatic carbocycles. The lowest BCUT2D eigenvalue weighted by Gasteiger charge is -2.21. The first-order valence-electron chi connectivity index (χ1n) is 7.18. The lowest BCUT2D eigenvalue weighted by molar-refractivity contribution is -0.122. The van der Waals surface area contributed by atoms with Crippen LogP contribution < -0.4 is 4.90 Å². The molecule has 3 unspecified atom stereocenters. The molecular formula is C16H19NO. The number of anilines is 1. The normalized spacial score (nSPS) is 38.0. The standard InChI is InChI=1S/C16H19NO/c18-15-14(16-9-4-5-12(16)11-16)8-10-17(15)13-6-2-1-3-7-13/h1-3,6-7,12,14H,4-5,8-11H2. The highest BCUT2D eigenvalue weighted by Gasteiger charge is 2.64. The fraction of sp³-hybridized carbons (Fsp3) is 0.562. The smallest absolute Gasteiger partial charge is 0.230 e.